The number of hydrogen-bond donors (Lipinski definition) is 0. The minimum atomic E-state index is -3.42. The van der Waals surface area contributed by atoms with Gasteiger partial charge in [0.2, 0.25) is 10.0 Å². The molecule has 3 heterocycles. The van der Waals surface area contributed by atoms with Gasteiger partial charge in [0.1, 0.15) is 11.9 Å². The van der Waals surface area contributed by atoms with Crippen molar-refractivity contribution in [2.45, 2.75) is 18.8 Å². The van der Waals surface area contributed by atoms with Crippen molar-refractivity contribution in [1.29, 1.82) is 0 Å². The Morgan fingerprint density at radius 1 is 1.52 bits per heavy atom. The number of aryl methyl sites for hydroxylation is 1. The van der Waals surface area contributed by atoms with E-state index >= 15 is 0 Å². The van der Waals surface area contributed by atoms with Crippen LogP contribution >= 0.6 is 11.3 Å². The third kappa shape index (κ3) is 3.34. The first-order valence-corrected chi connectivity index (χ1v) is 9.08. The summed E-state index contributed by atoms with van der Waals surface area (Å²) < 4.78 is 37.1. The molecule has 1 fully saturated rings. The second-order valence-corrected chi connectivity index (χ2v) is 7.87. The van der Waals surface area contributed by atoms with E-state index in [1.54, 1.807) is 24.3 Å². The Morgan fingerprint density at radius 3 is 3.05 bits per heavy atom. The number of nitrogens with zero attached hydrogens (tertiary/aromatic N) is 2. The van der Waals surface area contributed by atoms with Gasteiger partial charge in [-0.3, -0.25) is 0 Å². The highest BCUT2D eigenvalue weighted by Crippen LogP contribution is 2.28. The molecule has 1 unspecified atom stereocenters. The lowest BCUT2D eigenvalue weighted by Gasteiger charge is -2.31. The van der Waals surface area contributed by atoms with Gasteiger partial charge in [-0.25, -0.2) is 8.42 Å². The summed E-state index contributed by atoms with van der Waals surface area (Å²) in [6.45, 7) is 2.88. The molecular formula is C13H16N2O4S2. The van der Waals surface area contributed by atoms with Crippen LogP contribution in [0.3, 0.4) is 0 Å². The highest BCUT2D eigenvalue weighted by molar-refractivity contribution is 7.88. The molecule has 1 atom stereocenters. The molecule has 2 aromatic heterocycles. The van der Waals surface area contributed by atoms with Crippen molar-refractivity contribution in [3.05, 3.63) is 39.9 Å². The Hall–Kier alpha value is -1.22. The molecule has 1 saturated heterocycles. The van der Waals surface area contributed by atoms with Crippen LogP contribution in [0.15, 0.2) is 28.1 Å². The average Bonchev–Trinajstić information content (AvgIpc) is 3.10. The van der Waals surface area contributed by atoms with E-state index in [-0.39, 0.29) is 11.9 Å². The summed E-state index contributed by atoms with van der Waals surface area (Å²) in [5.41, 5.74) is 0.679. The van der Waals surface area contributed by atoms with E-state index in [2.05, 4.69) is 5.16 Å². The van der Waals surface area contributed by atoms with Gasteiger partial charge < -0.3 is 9.26 Å². The molecule has 3 rings (SSSR count). The molecule has 8 heteroatoms. The number of ether oxygens (including phenoxy) is 1. The van der Waals surface area contributed by atoms with Crippen molar-refractivity contribution in [3.8, 4) is 0 Å². The van der Waals surface area contributed by atoms with E-state index in [1.807, 2.05) is 17.5 Å². The lowest BCUT2D eigenvalue weighted by Crippen LogP contribution is -2.42. The van der Waals surface area contributed by atoms with Crippen molar-refractivity contribution >= 4 is 21.4 Å². The zero-order chi connectivity index (χ0) is 14.9. The van der Waals surface area contributed by atoms with Gasteiger partial charge in [0.15, 0.2) is 5.76 Å². The Bertz CT molecular complexity index is 694. The third-order valence-corrected chi connectivity index (χ3v) is 6.02. The molecule has 0 saturated carbocycles. The summed E-state index contributed by atoms with van der Waals surface area (Å²) in [6, 6.07) is 5.55. The van der Waals surface area contributed by atoms with Crippen LogP contribution in [-0.2, 0) is 20.5 Å². The molecule has 0 amide bonds. The zero-order valence-corrected chi connectivity index (χ0v) is 13.2. The van der Waals surface area contributed by atoms with Gasteiger partial charge in [0.05, 0.1) is 12.3 Å². The molecule has 0 N–H and O–H groups in total. The van der Waals surface area contributed by atoms with Crippen LogP contribution in [0.4, 0.5) is 0 Å². The Balaban J connectivity index is 1.72. The molecule has 0 spiro atoms. The average molecular weight is 328 g/mol. The van der Waals surface area contributed by atoms with Crippen molar-refractivity contribution in [2.75, 3.05) is 19.7 Å². The van der Waals surface area contributed by atoms with E-state index in [1.165, 1.54) is 4.31 Å². The molecule has 0 radical (unpaired) electrons. The van der Waals surface area contributed by atoms with Gasteiger partial charge in [-0.15, -0.1) is 11.3 Å². The van der Waals surface area contributed by atoms with Gasteiger partial charge >= 0.3 is 0 Å². The van der Waals surface area contributed by atoms with E-state index in [0.29, 0.717) is 31.2 Å². The molecule has 0 bridgehead atoms. The topological polar surface area (TPSA) is 72.6 Å². The summed E-state index contributed by atoms with van der Waals surface area (Å²) in [6.07, 6.45) is -0.190. The van der Waals surface area contributed by atoms with Crippen LogP contribution in [0.1, 0.15) is 22.4 Å². The first-order chi connectivity index (χ1) is 10.0. The lowest BCUT2D eigenvalue weighted by atomic mass is 10.2. The van der Waals surface area contributed by atoms with Crippen LogP contribution in [-0.4, -0.2) is 37.6 Å². The van der Waals surface area contributed by atoms with Crippen LogP contribution in [0.2, 0.25) is 0 Å². The molecule has 114 valence electrons. The van der Waals surface area contributed by atoms with E-state index in [4.69, 9.17) is 9.26 Å². The summed E-state index contributed by atoms with van der Waals surface area (Å²) in [4.78, 5) is 1.05. The maximum absolute atomic E-state index is 12.5. The summed E-state index contributed by atoms with van der Waals surface area (Å²) in [7, 11) is -3.42. The van der Waals surface area contributed by atoms with Crippen LogP contribution < -0.4 is 0 Å². The molecule has 0 aliphatic carbocycles. The van der Waals surface area contributed by atoms with Crippen molar-refractivity contribution in [1.82, 2.24) is 9.46 Å². The van der Waals surface area contributed by atoms with Gasteiger partial charge in [0.25, 0.3) is 0 Å². The first kappa shape index (κ1) is 14.7. The fourth-order valence-electron chi connectivity index (χ4n) is 2.28. The molecule has 6 nitrogen and oxygen atoms in total. The summed E-state index contributed by atoms with van der Waals surface area (Å²) in [5.74, 6) is 0.206. The fourth-order valence-corrected chi connectivity index (χ4v) is 4.44. The molecule has 21 heavy (non-hydrogen) atoms. The quantitative estimate of drug-likeness (QED) is 0.858. The number of sulfonamides is 1. The maximum atomic E-state index is 12.5. The van der Waals surface area contributed by atoms with Crippen molar-refractivity contribution in [2.24, 2.45) is 0 Å². The van der Waals surface area contributed by atoms with Gasteiger partial charge in [-0.1, -0.05) is 11.2 Å². The largest absolute Gasteiger partial charge is 0.370 e. The highest BCUT2D eigenvalue weighted by Gasteiger charge is 2.31. The zero-order valence-electron chi connectivity index (χ0n) is 11.6. The smallest absolute Gasteiger partial charge is 0.221 e. The van der Waals surface area contributed by atoms with E-state index in [9.17, 15) is 8.42 Å². The minimum Gasteiger partial charge on any atom is -0.370 e. The summed E-state index contributed by atoms with van der Waals surface area (Å²) in [5, 5.41) is 5.68. The Kier molecular flexibility index (Phi) is 4.12. The van der Waals surface area contributed by atoms with Crippen molar-refractivity contribution < 1.29 is 17.7 Å². The van der Waals surface area contributed by atoms with Crippen molar-refractivity contribution in [3.63, 3.8) is 0 Å². The predicted molar refractivity (Wildman–Crippen MR) is 78.4 cm³/mol. The number of rotatable bonds is 4. The van der Waals surface area contributed by atoms with Crippen LogP contribution in [0.25, 0.3) is 0 Å². The van der Waals surface area contributed by atoms with Gasteiger partial charge in [0, 0.05) is 24.0 Å². The number of aromatic nitrogens is 1. The molecule has 0 aromatic carbocycles. The Labute approximate surface area is 127 Å². The standard InChI is InChI=1S/C13H16N2O4S2/c1-10-7-11(19-14-10)9-21(16,17)15-4-5-18-12(8-15)13-3-2-6-20-13/h2-3,6-7,12H,4-5,8-9H2,1H3. The predicted octanol–water partition coefficient (Wildman–Crippen LogP) is 1.95. The second-order valence-electron chi connectivity index (χ2n) is 4.92. The SMILES string of the molecule is Cc1cc(CS(=O)(=O)N2CCOC(c3cccs3)C2)on1. The molecule has 2 aromatic rings. The van der Waals surface area contributed by atoms with Gasteiger partial charge in [-0.05, 0) is 18.4 Å². The van der Waals surface area contributed by atoms with Crippen LogP contribution in [0, 0.1) is 6.92 Å². The lowest BCUT2D eigenvalue weighted by molar-refractivity contribution is -0.000604. The molecular weight excluding hydrogens is 312 g/mol. The maximum Gasteiger partial charge on any atom is 0.221 e. The van der Waals surface area contributed by atoms with Gasteiger partial charge in [-0.2, -0.15) is 4.31 Å². The number of hydrogen-bond acceptors (Lipinski definition) is 6. The van der Waals surface area contributed by atoms with E-state index < -0.39 is 10.0 Å². The first-order valence-electron chi connectivity index (χ1n) is 6.59. The summed E-state index contributed by atoms with van der Waals surface area (Å²) >= 11 is 1.57. The third-order valence-electron chi connectivity index (χ3n) is 3.28. The normalized spacial score (nSPS) is 20.7. The van der Waals surface area contributed by atoms with Crippen LogP contribution in [0.5, 0.6) is 0 Å². The van der Waals surface area contributed by atoms with E-state index in [0.717, 1.165) is 4.88 Å². The number of morpholine rings is 1. The Morgan fingerprint density at radius 2 is 2.38 bits per heavy atom. The molecule has 1 aliphatic rings. The molecule has 1 aliphatic heterocycles. The highest BCUT2D eigenvalue weighted by atomic mass is 32.2. The second kappa shape index (κ2) is 5.88. The number of thiophene rings is 1. The fraction of sp³-hybridized carbons (Fsp3) is 0.462. The monoisotopic (exact) mass is 328 g/mol. The minimum absolute atomic E-state index is 0.162.